The van der Waals surface area contributed by atoms with Gasteiger partial charge in [-0.2, -0.15) is 0 Å². The van der Waals surface area contributed by atoms with E-state index in [0.717, 1.165) is 11.1 Å². The molecule has 0 spiro atoms. The summed E-state index contributed by atoms with van der Waals surface area (Å²) in [7, 11) is 1.30. The molecule has 0 radical (unpaired) electrons. The van der Waals surface area contributed by atoms with Gasteiger partial charge >= 0.3 is 5.97 Å². The summed E-state index contributed by atoms with van der Waals surface area (Å²) in [4.78, 5) is 25.5. The van der Waals surface area contributed by atoms with Crippen molar-refractivity contribution in [3.63, 3.8) is 0 Å². The fourth-order valence-corrected chi connectivity index (χ4v) is 2.72. The van der Waals surface area contributed by atoms with Gasteiger partial charge in [-0.3, -0.25) is 14.5 Å². The molecule has 1 aliphatic rings. The number of piperazine rings is 1. The van der Waals surface area contributed by atoms with Crippen LogP contribution in [0.1, 0.15) is 17.9 Å². The Kier molecular flexibility index (Phi) is 5.08. The zero-order valence-corrected chi connectivity index (χ0v) is 14.2. The van der Waals surface area contributed by atoms with Gasteiger partial charge in [0, 0.05) is 18.7 Å². The molecule has 8 heteroatoms. The highest BCUT2D eigenvalue weighted by atomic mass is 16.5. The van der Waals surface area contributed by atoms with E-state index in [1.165, 1.54) is 7.11 Å². The molecule has 1 aromatic carbocycles. The van der Waals surface area contributed by atoms with E-state index in [4.69, 9.17) is 4.42 Å². The Hall–Kier alpha value is -2.74. The van der Waals surface area contributed by atoms with Gasteiger partial charge in [0.15, 0.2) is 0 Å². The number of esters is 1. The molecule has 0 saturated carbocycles. The zero-order chi connectivity index (χ0) is 17.8. The molecule has 2 aromatic rings. The molecule has 2 heterocycles. The Morgan fingerprint density at radius 3 is 2.84 bits per heavy atom. The third kappa shape index (κ3) is 4.03. The second-order valence-electron chi connectivity index (χ2n) is 5.92. The number of nitrogens with zero attached hydrogens (tertiary/aromatic N) is 3. The van der Waals surface area contributed by atoms with E-state index in [1.807, 2.05) is 36.1 Å². The zero-order valence-electron chi connectivity index (χ0n) is 14.2. The lowest BCUT2D eigenvalue weighted by molar-refractivity contribution is -0.146. The summed E-state index contributed by atoms with van der Waals surface area (Å²) in [6.45, 7) is 3.41. The molecule has 132 valence electrons. The Labute approximate surface area is 145 Å². The fourth-order valence-electron chi connectivity index (χ4n) is 2.72. The number of carbonyl (C=O) groups excluding carboxylic acids is 2. The van der Waals surface area contributed by atoms with Crippen molar-refractivity contribution in [2.24, 2.45) is 0 Å². The summed E-state index contributed by atoms with van der Waals surface area (Å²) in [6, 6.07) is 7.18. The maximum Gasteiger partial charge on any atom is 0.307 e. The minimum atomic E-state index is -0.601. The van der Waals surface area contributed by atoms with Crippen LogP contribution in [0.15, 0.2) is 28.7 Å². The monoisotopic (exact) mass is 344 g/mol. The summed E-state index contributed by atoms with van der Waals surface area (Å²) in [5, 5.41) is 10.9. The average molecular weight is 344 g/mol. The van der Waals surface area contributed by atoms with Crippen LogP contribution in [0.3, 0.4) is 0 Å². The van der Waals surface area contributed by atoms with Gasteiger partial charge in [0.1, 0.15) is 6.04 Å². The Bertz CT molecular complexity index is 756. The largest absolute Gasteiger partial charge is 0.469 e. The van der Waals surface area contributed by atoms with E-state index in [1.54, 1.807) is 0 Å². The van der Waals surface area contributed by atoms with E-state index < -0.39 is 12.0 Å². The van der Waals surface area contributed by atoms with Crippen LogP contribution in [0, 0.1) is 6.92 Å². The summed E-state index contributed by atoms with van der Waals surface area (Å²) in [6.07, 6.45) is -0.0126. The minimum absolute atomic E-state index is 0.0126. The number of hydrogen-bond acceptors (Lipinski definition) is 7. The van der Waals surface area contributed by atoms with Crippen molar-refractivity contribution in [3.8, 4) is 11.5 Å². The van der Waals surface area contributed by atoms with Crippen LogP contribution in [0.25, 0.3) is 11.5 Å². The van der Waals surface area contributed by atoms with Crippen molar-refractivity contribution in [3.05, 3.63) is 35.7 Å². The SMILES string of the molecule is COC(=O)C[C@@H]1C(=O)NCCN1Cc1nnc(-c2ccc(C)cc2)o1. The standard InChI is InChI=1S/C17H20N4O4/c1-11-3-5-12(6-4-11)17-20-19-14(25-17)10-21-8-7-18-16(23)13(21)9-15(22)24-2/h3-6,13H,7-10H2,1-2H3,(H,18,23)/t13-/m1/s1. The first-order valence-electron chi connectivity index (χ1n) is 8.05. The van der Waals surface area contributed by atoms with Gasteiger partial charge in [-0.05, 0) is 19.1 Å². The lowest BCUT2D eigenvalue weighted by atomic mass is 10.1. The van der Waals surface area contributed by atoms with Crippen molar-refractivity contribution < 1.29 is 18.7 Å². The molecule has 1 saturated heterocycles. The molecule has 8 nitrogen and oxygen atoms in total. The summed E-state index contributed by atoms with van der Waals surface area (Å²) < 4.78 is 10.4. The topological polar surface area (TPSA) is 97.6 Å². The highest BCUT2D eigenvalue weighted by molar-refractivity contribution is 5.87. The summed E-state index contributed by atoms with van der Waals surface area (Å²) in [5.41, 5.74) is 1.99. The molecule has 0 bridgehead atoms. The highest BCUT2D eigenvalue weighted by Crippen LogP contribution is 2.20. The maximum absolute atomic E-state index is 12.1. The summed E-state index contributed by atoms with van der Waals surface area (Å²) in [5.74, 6) is 0.203. The number of carbonyl (C=O) groups is 2. The van der Waals surface area contributed by atoms with E-state index in [0.29, 0.717) is 31.4 Å². The van der Waals surface area contributed by atoms with Gasteiger partial charge in [0.25, 0.3) is 0 Å². The third-order valence-electron chi connectivity index (χ3n) is 4.13. The van der Waals surface area contributed by atoms with Crippen LogP contribution in [0.2, 0.25) is 0 Å². The van der Waals surface area contributed by atoms with Crippen LogP contribution in [-0.4, -0.2) is 53.2 Å². The number of aryl methyl sites for hydroxylation is 1. The second kappa shape index (κ2) is 7.43. The van der Waals surface area contributed by atoms with Crippen LogP contribution >= 0.6 is 0 Å². The smallest absolute Gasteiger partial charge is 0.307 e. The molecular weight excluding hydrogens is 324 g/mol. The first-order valence-corrected chi connectivity index (χ1v) is 8.05. The number of nitrogens with one attached hydrogen (secondary N) is 1. The number of benzene rings is 1. The number of methoxy groups -OCH3 is 1. The van der Waals surface area contributed by atoms with Crippen molar-refractivity contribution in [2.45, 2.75) is 25.9 Å². The number of aromatic nitrogens is 2. The van der Waals surface area contributed by atoms with Crippen LogP contribution in [0.4, 0.5) is 0 Å². The first-order chi connectivity index (χ1) is 12.1. The van der Waals surface area contributed by atoms with Gasteiger partial charge in [-0.1, -0.05) is 17.7 Å². The van der Waals surface area contributed by atoms with E-state index >= 15 is 0 Å². The molecule has 0 aliphatic carbocycles. The minimum Gasteiger partial charge on any atom is -0.469 e. The molecule has 3 rings (SSSR count). The molecule has 25 heavy (non-hydrogen) atoms. The van der Waals surface area contributed by atoms with Gasteiger partial charge in [0.2, 0.25) is 17.7 Å². The Morgan fingerprint density at radius 2 is 2.12 bits per heavy atom. The normalized spacial score (nSPS) is 18.0. The third-order valence-corrected chi connectivity index (χ3v) is 4.13. The van der Waals surface area contributed by atoms with E-state index in [2.05, 4.69) is 20.3 Å². The van der Waals surface area contributed by atoms with Crippen molar-refractivity contribution in [2.75, 3.05) is 20.2 Å². The number of hydrogen-bond donors (Lipinski definition) is 1. The maximum atomic E-state index is 12.1. The van der Waals surface area contributed by atoms with Crippen molar-refractivity contribution >= 4 is 11.9 Å². The molecule has 1 amide bonds. The molecule has 1 aromatic heterocycles. The lowest BCUT2D eigenvalue weighted by Gasteiger charge is -2.33. The van der Waals surface area contributed by atoms with E-state index in [-0.39, 0.29) is 12.3 Å². The van der Waals surface area contributed by atoms with Crippen LogP contribution in [-0.2, 0) is 20.9 Å². The van der Waals surface area contributed by atoms with Gasteiger partial charge in [-0.15, -0.1) is 10.2 Å². The second-order valence-corrected chi connectivity index (χ2v) is 5.92. The fraction of sp³-hybridized carbons (Fsp3) is 0.412. The molecule has 1 aliphatic heterocycles. The molecule has 1 fully saturated rings. The Balaban J connectivity index is 1.73. The number of rotatable bonds is 5. The lowest BCUT2D eigenvalue weighted by Crippen LogP contribution is -2.55. The van der Waals surface area contributed by atoms with Crippen molar-refractivity contribution in [1.82, 2.24) is 20.4 Å². The molecule has 0 unspecified atom stereocenters. The van der Waals surface area contributed by atoms with Crippen LogP contribution < -0.4 is 5.32 Å². The number of ether oxygens (including phenoxy) is 1. The Morgan fingerprint density at radius 1 is 1.36 bits per heavy atom. The van der Waals surface area contributed by atoms with Crippen LogP contribution in [0.5, 0.6) is 0 Å². The average Bonchev–Trinajstić information content (AvgIpc) is 3.07. The van der Waals surface area contributed by atoms with Gasteiger partial charge < -0.3 is 14.5 Å². The van der Waals surface area contributed by atoms with Gasteiger partial charge in [0.05, 0.1) is 20.1 Å². The quantitative estimate of drug-likeness (QED) is 0.805. The highest BCUT2D eigenvalue weighted by Gasteiger charge is 2.33. The van der Waals surface area contributed by atoms with Crippen molar-refractivity contribution in [1.29, 1.82) is 0 Å². The predicted octanol–water partition coefficient (Wildman–Crippen LogP) is 0.909. The molecule has 1 N–H and O–H groups in total. The first kappa shape index (κ1) is 17.1. The van der Waals surface area contributed by atoms with Gasteiger partial charge in [-0.25, -0.2) is 0 Å². The predicted molar refractivity (Wildman–Crippen MR) is 88.3 cm³/mol. The van der Waals surface area contributed by atoms with E-state index in [9.17, 15) is 9.59 Å². The molecular formula is C17H20N4O4. The number of amides is 1. The molecule has 1 atom stereocenters. The summed E-state index contributed by atoms with van der Waals surface area (Å²) >= 11 is 0.